The van der Waals surface area contributed by atoms with Gasteiger partial charge in [-0.1, -0.05) is 24.3 Å². The van der Waals surface area contributed by atoms with E-state index in [1.54, 1.807) is 29.2 Å². The van der Waals surface area contributed by atoms with Gasteiger partial charge in [0.1, 0.15) is 5.56 Å². The van der Waals surface area contributed by atoms with Gasteiger partial charge in [-0.3, -0.25) is 4.79 Å². The quantitative estimate of drug-likeness (QED) is 0.790. The van der Waals surface area contributed by atoms with E-state index in [2.05, 4.69) is 22.2 Å². The van der Waals surface area contributed by atoms with E-state index in [1.165, 1.54) is 5.56 Å². The van der Waals surface area contributed by atoms with Gasteiger partial charge >= 0.3 is 0 Å². The third-order valence-corrected chi connectivity index (χ3v) is 4.81. The maximum absolute atomic E-state index is 12.8. The molecule has 4 rings (SSSR count). The number of aliphatic hydroxyl groups is 1. The van der Waals surface area contributed by atoms with Crippen molar-refractivity contribution in [2.24, 2.45) is 5.92 Å². The predicted molar refractivity (Wildman–Crippen MR) is 93.1 cm³/mol. The summed E-state index contributed by atoms with van der Waals surface area (Å²) in [5.74, 6) is 0.463. The number of carbonyl (C=O) groups excluding carboxylic acids is 1. The first kappa shape index (κ1) is 15.8. The lowest BCUT2D eigenvalue weighted by atomic mass is 9.98. The highest BCUT2D eigenvalue weighted by atomic mass is 16.3. The van der Waals surface area contributed by atoms with Crippen LogP contribution in [0.4, 0.5) is 0 Å². The van der Waals surface area contributed by atoms with E-state index < -0.39 is 0 Å². The second-order valence-corrected chi connectivity index (χ2v) is 6.53. The minimum atomic E-state index is 0.00632. The summed E-state index contributed by atoms with van der Waals surface area (Å²) in [5.41, 5.74) is 3.34. The Hall–Kier alpha value is -2.73. The van der Waals surface area contributed by atoms with Gasteiger partial charge in [0.2, 0.25) is 0 Å². The average Bonchev–Trinajstić information content (AvgIpc) is 3.29. The van der Waals surface area contributed by atoms with Crippen LogP contribution in [0.2, 0.25) is 0 Å². The van der Waals surface area contributed by atoms with Crippen LogP contribution in [0.15, 0.2) is 48.9 Å². The molecule has 1 aromatic carbocycles. The average molecular weight is 336 g/mol. The van der Waals surface area contributed by atoms with Crippen LogP contribution in [0, 0.1) is 5.92 Å². The van der Waals surface area contributed by atoms with Crippen LogP contribution in [0.3, 0.4) is 0 Å². The molecular formula is C19H20N4O2. The number of fused-ring (bicyclic) bond motifs is 1. The minimum absolute atomic E-state index is 0.00632. The molecule has 3 heterocycles. The maximum atomic E-state index is 12.8. The Labute approximate surface area is 145 Å². The Bertz CT molecular complexity index is 888. The second kappa shape index (κ2) is 6.64. The zero-order valence-electron chi connectivity index (χ0n) is 13.9. The summed E-state index contributed by atoms with van der Waals surface area (Å²) in [6.07, 6.45) is 7.02. The molecule has 0 aliphatic carbocycles. The molecule has 3 aromatic rings. The predicted octanol–water partition coefficient (Wildman–Crippen LogP) is 1.93. The number of rotatable bonds is 4. The molecule has 0 spiro atoms. The van der Waals surface area contributed by atoms with Crippen LogP contribution in [0.5, 0.6) is 0 Å². The monoisotopic (exact) mass is 336 g/mol. The standard InChI is InChI=1S/C19H20N4O2/c24-13-15-4-2-14(3-5-15)10-16-6-9-22(12-16)19(25)17-11-21-23-8-1-7-20-18(17)23/h1-5,7-8,11,16,24H,6,9-10,12-13H2/t16-/m0/s1. The van der Waals surface area contributed by atoms with E-state index in [1.807, 2.05) is 17.0 Å². The lowest BCUT2D eigenvalue weighted by Gasteiger charge is -2.16. The molecule has 1 aliphatic heterocycles. The fourth-order valence-corrected chi connectivity index (χ4v) is 3.45. The van der Waals surface area contributed by atoms with Crippen LogP contribution >= 0.6 is 0 Å². The lowest BCUT2D eigenvalue weighted by Crippen LogP contribution is -2.29. The zero-order valence-corrected chi connectivity index (χ0v) is 13.9. The second-order valence-electron chi connectivity index (χ2n) is 6.53. The van der Waals surface area contributed by atoms with E-state index in [0.29, 0.717) is 17.1 Å². The molecule has 1 saturated heterocycles. The summed E-state index contributed by atoms with van der Waals surface area (Å²) in [5, 5.41) is 13.3. The Kier molecular flexibility index (Phi) is 4.19. The number of hydrogen-bond acceptors (Lipinski definition) is 4. The van der Waals surface area contributed by atoms with E-state index in [9.17, 15) is 4.79 Å². The molecule has 1 amide bonds. The number of hydrogen-bond donors (Lipinski definition) is 1. The van der Waals surface area contributed by atoms with Crippen LogP contribution in [-0.4, -0.2) is 43.6 Å². The van der Waals surface area contributed by atoms with Crippen LogP contribution < -0.4 is 0 Å². The van der Waals surface area contributed by atoms with E-state index in [0.717, 1.165) is 31.5 Å². The molecule has 0 saturated carbocycles. The highest BCUT2D eigenvalue weighted by Gasteiger charge is 2.28. The van der Waals surface area contributed by atoms with E-state index >= 15 is 0 Å². The van der Waals surface area contributed by atoms with Crippen molar-refractivity contribution in [1.29, 1.82) is 0 Å². The summed E-state index contributed by atoms with van der Waals surface area (Å²) >= 11 is 0. The zero-order chi connectivity index (χ0) is 17.2. The fraction of sp³-hybridized carbons (Fsp3) is 0.316. The maximum Gasteiger partial charge on any atom is 0.259 e. The topological polar surface area (TPSA) is 70.7 Å². The molecule has 0 bridgehead atoms. The minimum Gasteiger partial charge on any atom is -0.392 e. The molecule has 1 aliphatic rings. The summed E-state index contributed by atoms with van der Waals surface area (Å²) in [7, 11) is 0. The van der Waals surface area contributed by atoms with Gasteiger partial charge in [0.25, 0.3) is 5.91 Å². The summed E-state index contributed by atoms with van der Waals surface area (Å²) in [6, 6.07) is 9.83. The lowest BCUT2D eigenvalue weighted by molar-refractivity contribution is 0.0789. The third-order valence-electron chi connectivity index (χ3n) is 4.81. The first-order valence-corrected chi connectivity index (χ1v) is 8.51. The fourth-order valence-electron chi connectivity index (χ4n) is 3.45. The van der Waals surface area contributed by atoms with E-state index in [-0.39, 0.29) is 12.5 Å². The van der Waals surface area contributed by atoms with Crippen molar-refractivity contribution >= 4 is 11.6 Å². The number of aromatic nitrogens is 3. The summed E-state index contributed by atoms with van der Waals surface area (Å²) in [6.45, 7) is 1.59. The number of carbonyl (C=O) groups is 1. The SMILES string of the molecule is O=C(c1cnn2cccnc12)N1CC[C@@H](Cc2ccc(CO)cc2)C1. The van der Waals surface area contributed by atoms with Crippen molar-refractivity contribution in [2.45, 2.75) is 19.4 Å². The Morgan fingerprint density at radius 3 is 2.84 bits per heavy atom. The van der Waals surface area contributed by atoms with Gasteiger partial charge in [0.15, 0.2) is 5.65 Å². The number of benzene rings is 1. The van der Waals surface area contributed by atoms with Crippen LogP contribution in [-0.2, 0) is 13.0 Å². The molecule has 2 aromatic heterocycles. The van der Waals surface area contributed by atoms with Crippen molar-refractivity contribution in [2.75, 3.05) is 13.1 Å². The van der Waals surface area contributed by atoms with Crippen molar-refractivity contribution in [3.8, 4) is 0 Å². The molecule has 128 valence electrons. The first-order chi connectivity index (χ1) is 12.2. The van der Waals surface area contributed by atoms with Gasteiger partial charge in [0.05, 0.1) is 12.8 Å². The van der Waals surface area contributed by atoms with Crippen molar-refractivity contribution in [1.82, 2.24) is 19.5 Å². The van der Waals surface area contributed by atoms with Crippen molar-refractivity contribution in [3.63, 3.8) is 0 Å². The smallest absolute Gasteiger partial charge is 0.259 e. The molecule has 6 nitrogen and oxygen atoms in total. The van der Waals surface area contributed by atoms with Gasteiger partial charge in [0, 0.05) is 25.5 Å². The van der Waals surface area contributed by atoms with Gasteiger partial charge in [-0.15, -0.1) is 0 Å². The van der Waals surface area contributed by atoms with E-state index in [4.69, 9.17) is 5.11 Å². The Morgan fingerprint density at radius 2 is 2.04 bits per heavy atom. The van der Waals surface area contributed by atoms with Crippen molar-refractivity contribution in [3.05, 3.63) is 65.6 Å². The molecule has 1 fully saturated rings. The Balaban J connectivity index is 1.43. The highest BCUT2D eigenvalue weighted by molar-refractivity contribution is 5.99. The summed E-state index contributed by atoms with van der Waals surface area (Å²) < 4.78 is 1.63. The van der Waals surface area contributed by atoms with Gasteiger partial charge in [-0.25, -0.2) is 9.50 Å². The number of aliphatic hydroxyl groups excluding tert-OH is 1. The first-order valence-electron chi connectivity index (χ1n) is 8.51. The molecule has 0 unspecified atom stereocenters. The summed E-state index contributed by atoms with van der Waals surface area (Å²) in [4.78, 5) is 19.0. The Morgan fingerprint density at radius 1 is 1.24 bits per heavy atom. The molecule has 1 N–H and O–H groups in total. The number of nitrogens with zero attached hydrogens (tertiary/aromatic N) is 4. The largest absolute Gasteiger partial charge is 0.392 e. The molecular weight excluding hydrogens is 316 g/mol. The normalized spacial score (nSPS) is 17.3. The van der Waals surface area contributed by atoms with Gasteiger partial charge < -0.3 is 10.0 Å². The van der Waals surface area contributed by atoms with Crippen molar-refractivity contribution < 1.29 is 9.90 Å². The van der Waals surface area contributed by atoms with Crippen LogP contribution in [0.1, 0.15) is 27.9 Å². The molecule has 6 heteroatoms. The van der Waals surface area contributed by atoms with Gasteiger partial charge in [-0.05, 0) is 36.0 Å². The molecule has 0 radical (unpaired) electrons. The highest BCUT2D eigenvalue weighted by Crippen LogP contribution is 2.23. The molecule has 25 heavy (non-hydrogen) atoms. The number of amides is 1. The van der Waals surface area contributed by atoms with Crippen LogP contribution in [0.25, 0.3) is 5.65 Å². The molecule has 1 atom stereocenters. The van der Waals surface area contributed by atoms with Gasteiger partial charge in [-0.2, -0.15) is 5.10 Å². The number of likely N-dealkylation sites (tertiary alicyclic amines) is 1. The third kappa shape index (κ3) is 3.13.